The predicted octanol–water partition coefficient (Wildman–Crippen LogP) is 3.97. The van der Waals surface area contributed by atoms with Crippen molar-refractivity contribution in [1.29, 1.82) is 0 Å². The molecule has 0 aromatic heterocycles. The van der Waals surface area contributed by atoms with E-state index in [4.69, 9.17) is 0 Å². The summed E-state index contributed by atoms with van der Waals surface area (Å²) in [6.07, 6.45) is 0. The van der Waals surface area contributed by atoms with Crippen LogP contribution in [-0.2, 0) is 16.6 Å². The molecule has 0 amide bonds. The Labute approximate surface area is 113 Å². The Hall–Kier alpha value is -1.55. The van der Waals surface area contributed by atoms with E-state index in [9.17, 15) is 13.0 Å². The molecule has 0 saturated carbocycles. The molecular formula is C15H14F2OS. The van der Waals surface area contributed by atoms with Crippen molar-refractivity contribution in [3.05, 3.63) is 71.3 Å². The standard InChI is InChI=1S/C15H14F2OS/c1-11(13-7-3-5-9-15(13)17)19(18)10-12-6-2-4-8-14(12)16/h2-9,11H,10H2,1H3/t11-,19+/m0/s1. The van der Waals surface area contributed by atoms with Gasteiger partial charge < -0.3 is 0 Å². The lowest BCUT2D eigenvalue weighted by Gasteiger charge is -2.13. The second kappa shape index (κ2) is 6.06. The second-order valence-corrected chi connectivity index (χ2v) is 6.04. The van der Waals surface area contributed by atoms with Gasteiger partial charge in [0.05, 0.1) is 11.0 Å². The molecule has 0 N–H and O–H groups in total. The van der Waals surface area contributed by atoms with Gasteiger partial charge in [0.1, 0.15) is 11.6 Å². The third-order valence-corrected chi connectivity index (χ3v) is 4.63. The first-order valence-electron chi connectivity index (χ1n) is 5.94. The van der Waals surface area contributed by atoms with Gasteiger partial charge in [0.2, 0.25) is 0 Å². The van der Waals surface area contributed by atoms with Crippen molar-refractivity contribution in [2.45, 2.75) is 17.9 Å². The van der Waals surface area contributed by atoms with Gasteiger partial charge in [0.25, 0.3) is 0 Å². The molecule has 0 unspecified atom stereocenters. The number of rotatable bonds is 4. The minimum Gasteiger partial charge on any atom is -0.259 e. The highest BCUT2D eigenvalue weighted by molar-refractivity contribution is 7.84. The normalized spacial score (nSPS) is 14.1. The van der Waals surface area contributed by atoms with E-state index >= 15 is 0 Å². The van der Waals surface area contributed by atoms with Crippen LogP contribution in [0.25, 0.3) is 0 Å². The Kier molecular flexibility index (Phi) is 4.43. The maximum atomic E-state index is 13.6. The van der Waals surface area contributed by atoms with Crippen molar-refractivity contribution in [3.63, 3.8) is 0 Å². The molecule has 100 valence electrons. The molecule has 2 atom stereocenters. The zero-order valence-electron chi connectivity index (χ0n) is 10.5. The minimum atomic E-state index is -1.37. The number of benzene rings is 2. The Balaban J connectivity index is 2.17. The van der Waals surface area contributed by atoms with Gasteiger partial charge in [-0.2, -0.15) is 0 Å². The van der Waals surface area contributed by atoms with Gasteiger partial charge in [-0.05, 0) is 19.1 Å². The van der Waals surface area contributed by atoms with Gasteiger partial charge in [0.15, 0.2) is 0 Å². The van der Waals surface area contributed by atoms with Crippen LogP contribution in [0.15, 0.2) is 48.5 Å². The van der Waals surface area contributed by atoms with Gasteiger partial charge >= 0.3 is 0 Å². The molecule has 0 radical (unpaired) electrons. The van der Waals surface area contributed by atoms with E-state index in [0.29, 0.717) is 11.1 Å². The molecule has 0 heterocycles. The molecule has 2 rings (SSSR count). The summed E-state index contributed by atoms with van der Waals surface area (Å²) in [4.78, 5) is 0. The van der Waals surface area contributed by atoms with Crippen molar-refractivity contribution in [2.75, 3.05) is 0 Å². The first kappa shape index (κ1) is 13.9. The van der Waals surface area contributed by atoms with Gasteiger partial charge in [0, 0.05) is 21.9 Å². The van der Waals surface area contributed by atoms with Crippen molar-refractivity contribution in [1.82, 2.24) is 0 Å². The van der Waals surface area contributed by atoms with Crippen LogP contribution < -0.4 is 0 Å². The molecule has 0 aliphatic rings. The Morgan fingerprint density at radius 3 is 2.21 bits per heavy atom. The van der Waals surface area contributed by atoms with Gasteiger partial charge in [-0.1, -0.05) is 36.4 Å². The quantitative estimate of drug-likeness (QED) is 0.828. The largest absolute Gasteiger partial charge is 0.259 e. The molecular weight excluding hydrogens is 266 g/mol. The zero-order chi connectivity index (χ0) is 13.8. The van der Waals surface area contributed by atoms with Crippen LogP contribution in [0.3, 0.4) is 0 Å². The fourth-order valence-corrected chi connectivity index (χ4v) is 3.11. The van der Waals surface area contributed by atoms with E-state index in [0.717, 1.165) is 0 Å². The van der Waals surface area contributed by atoms with Crippen LogP contribution in [0.5, 0.6) is 0 Å². The van der Waals surface area contributed by atoms with E-state index in [1.165, 1.54) is 12.1 Å². The smallest absolute Gasteiger partial charge is 0.127 e. The Morgan fingerprint density at radius 1 is 1.00 bits per heavy atom. The average molecular weight is 280 g/mol. The fraction of sp³-hybridized carbons (Fsp3) is 0.200. The van der Waals surface area contributed by atoms with E-state index in [2.05, 4.69) is 0 Å². The molecule has 0 aliphatic carbocycles. The summed E-state index contributed by atoms with van der Waals surface area (Å²) in [5, 5.41) is -0.471. The molecule has 2 aromatic rings. The number of hydrogen-bond acceptors (Lipinski definition) is 1. The average Bonchev–Trinajstić information content (AvgIpc) is 2.41. The Bertz CT molecular complexity index is 598. The van der Waals surface area contributed by atoms with E-state index in [1.807, 2.05) is 0 Å². The second-order valence-electron chi connectivity index (χ2n) is 4.28. The third-order valence-electron chi connectivity index (χ3n) is 2.99. The van der Waals surface area contributed by atoms with Crippen molar-refractivity contribution in [2.24, 2.45) is 0 Å². The summed E-state index contributed by atoms with van der Waals surface area (Å²) in [5.41, 5.74) is 0.793. The minimum absolute atomic E-state index is 0.0855. The molecule has 0 saturated heterocycles. The van der Waals surface area contributed by atoms with Crippen LogP contribution in [0.4, 0.5) is 8.78 Å². The highest BCUT2D eigenvalue weighted by Gasteiger charge is 2.18. The molecule has 0 fully saturated rings. The first-order valence-corrected chi connectivity index (χ1v) is 7.33. The molecule has 0 aliphatic heterocycles. The van der Waals surface area contributed by atoms with Gasteiger partial charge in [-0.15, -0.1) is 0 Å². The molecule has 2 aromatic carbocycles. The summed E-state index contributed by atoms with van der Waals surface area (Å²) in [6, 6.07) is 12.5. The lowest BCUT2D eigenvalue weighted by molar-refractivity contribution is 0.604. The molecule has 4 heteroatoms. The summed E-state index contributed by atoms with van der Waals surface area (Å²) >= 11 is 0. The van der Waals surface area contributed by atoms with Crippen LogP contribution >= 0.6 is 0 Å². The molecule has 0 bridgehead atoms. The van der Waals surface area contributed by atoms with Gasteiger partial charge in [-0.3, -0.25) is 4.21 Å². The van der Waals surface area contributed by atoms with E-state index in [-0.39, 0.29) is 17.4 Å². The van der Waals surface area contributed by atoms with Crippen LogP contribution in [0, 0.1) is 11.6 Å². The van der Waals surface area contributed by atoms with Crippen LogP contribution in [0.2, 0.25) is 0 Å². The van der Waals surface area contributed by atoms with Crippen molar-refractivity contribution in [3.8, 4) is 0 Å². The topological polar surface area (TPSA) is 17.1 Å². The molecule has 19 heavy (non-hydrogen) atoms. The highest BCUT2D eigenvalue weighted by Crippen LogP contribution is 2.24. The van der Waals surface area contributed by atoms with Gasteiger partial charge in [-0.25, -0.2) is 8.78 Å². The SMILES string of the molecule is C[C@@H](c1ccccc1F)[S@](=O)Cc1ccccc1F. The molecule has 0 spiro atoms. The first-order chi connectivity index (χ1) is 9.09. The highest BCUT2D eigenvalue weighted by atomic mass is 32.2. The van der Waals surface area contributed by atoms with Crippen molar-refractivity contribution >= 4 is 10.8 Å². The summed E-state index contributed by atoms with van der Waals surface area (Å²) < 4.78 is 39.3. The number of halogens is 2. The number of hydrogen-bond donors (Lipinski definition) is 0. The van der Waals surface area contributed by atoms with E-state index < -0.39 is 16.0 Å². The van der Waals surface area contributed by atoms with Crippen LogP contribution in [-0.4, -0.2) is 4.21 Å². The molecule has 1 nitrogen and oxygen atoms in total. The maximum Gasteiger partial charge on any atom is 0.127 e. The predicted molar refractivity (Wildman–Crippen MR) is 73.1 cm³/mol. The zero-order valence-corrected chi connectivity index (χ0v) is 11.3. The third kappa shape index (κ3) is 3.26. The maximum absolute atomic E-state index is 13.6. The van der Waals surface area contributed by atoms with Crippen molar-refractivity contribution < 1.29 is 13.0 Å². The fourth-order valence-electron chi connectivity index (χ4n) is 1.84. The lowest BCUT2D eigenvalue weighted by atomic mass is 10.1. The monoisotopic (exact) mass is 280 g/mol. The summed E-state index contributed by atoms with van der Waals surface area (Å²) in [6.45, 7) is 1.69. The summed E-state index contributed by atoms with van der Waals surface area (Å²) in [5.74, 6) is -0.671. The lowest BCUT2D eigenvalue weighted by Crippen LogP contribution is -2.08. The Morgan fingerprint density at radius 2 is 1.58 bits per heavy atom. The van der Waals surface area contributed by atoms with Crippen LogP contribution in [0.1, 0.15) is 23.3 Å². The van der Waals surface area contributed by atoms with E-state index in [1.54, 1.807) is 43.3 Å². The summed E-state index contributed by atoms with van der Waals surface area (Å²) in [7, 11) is -1.37.